The van der Waals surface area contributed by atoms with Crippen molar-refractivity contribution in [3.05, 3.63) is 41.9 Å². The monoisotopic (exact) mass is 345 g/mol. The molecule has 2 heterocycles. The number of hydrogen-bond donors (Lipinski definition) is 1. The maximum absolute atomic E-state index is 12.8. The Bertz CT molecular complexity index is 671. The fraction of sp³-hybridized carbons (Fsp3) is 0.500. The molecule has 0 aliphatic rings. The van der Waals surface area contributed by atoms with Gasteiger partial charge >= 0.3 is 6.03 Å². The number of ether oxygens (including phenoxy) is 1. The number of methoxy groups -OCH3 is 1. The minimum absolute atomic E-state index is 0.176. The molecule has 7 nitrogen and oxygen atoms in total. The quantitative estimate of drug-likeness (QED) is 0.797. The molecule has 7 heteroatoms. The molecule has 0 fully saturated rings. The number of nitrogens with one attached hydrogen (secondary N) is 1. The van der Waals surface area contributed by atoms with E-state index < -0.39 is 0 Å². The van der Waals surface area contributed by atoms with E-state index in [1.165, 1.54) is 0 Å². The van der Waals surface area contributed by atoms with Crippen LogP contribution in [0.25, 0.3) is 0 Å². The second-order valence-corrected chi connectivity index (χ2v) is 6.08. The van der Waals surface area contributed by atoms with Crippen molar-refractivity contribution in [2.75, 3.05) is 25.6 Å². The second kappa shape index (κ2) is 9.17. The molecular formula is C18H27N5O2. The molecule has 2 rings (SSSR count). The van der Waals surface area contributed by atoms with Gasteiger partial charge in [0.2, 0.25) is 0 Å². The third-order valence-corrected chi connectivity index (χ3v) is 4.05. The number of urea groups is 1. The van der Waals surface area contributed by atoms with E-state index in [4.69, 9.17) is 4.74 Å². The topological polar surface area (TPSA) is 72.3 Å². The molecule has 0 unspecified atom stereocenters. The minimum atomic E-state index is -0.176. The van der Waals surface area contributed by atoms with Crippen LogP contribution in [0.4, 0.5) is 10.6 Å². The molecule has 0 aliphatic heterocycles. The molecular weight excluding hydrogens is 318 g/mol. The lowest BCUT2D eigenvalue weighted by Gasteiger charge is -2.23. The first-order valence-electron chi connectivity index (χ1n) is 8.55. The minimum Gasteiger partial charge on any atom is -0.383 e. The summed E-state index contributed by atoms with van der Waals surface area (Å²) in [7, 11) is 1.63. The fourth-order valence-electron chi connectivity index (χ4n) is 2.47. The van der Waals surface area contributed by atoms with Gasteiger partial charge in [-0.15, -0.1) is 0 Å². The van der Waals surface area contributed by atoms with E-state index in [1.807, 2.05) is 29.8 Å². The van der Waals surface area contributed by atoms with Crippen molar-refractivity contribution < 1.29 is 9.53 Å². The molecule has 0 aliphatic carbocycles. The number of carbonyl (C=O) groups excluding carboxylic acids is 1. The van der Waals surface area contributed by atoms with Crippen LogP contribution < -0.4 is 5.32 Å². The summed E-state index contributed by atoms with van der Waals surface area (Å²) in [4.78, 5) is 18.6. The van der Waals surface area contributed by atoms with Gasteiger partial charge in [0, 0.05) is 38.7 Å². The number of pyridine rings is 1. The van der Waals surface area contributed by atoms with Crippen molar-refractivity contribution in [1.29, 1.82) is 0 Å². The number of rotatable bonds is 8. The summed E-state index contributed by atoms with van der Waals surface area (Å²) in [6.07, 6.45) is 4.42. The van der Waals surface area contributed by atoms with Crippen molar-refractivity contribution in [2.45, 2.75) is 39.8 Å². The summed E-state index contributed by atoms with van der Waals surface area (Å²) in [5, 5.41) is 7.48. The normalized spacial score (nSPS) is 12.0. The van der Waals surface area contributed by atoms with E-state index in [0.29, 0.717) is 25.5 Å². The molecule has 0 spiro atoms. The number of anilines is 1. The zero-order chi connectivity index (χ0) is 18.2. The van der Waals surface area contributed by atoms with Gasteiger partial charge < -0.3 is 9.64 Å². The summed E-state index contributed by atoms with van der Waals surface area (Å²) in [6, 6.07) is 5.75. The lowest BCUT2D eigenvalue weighted by molar-refractivity contribution is 0.152. The van der Waals surface area contributed by atoms with Crippen LogP contribution in [0.2, 0.25) is 0 Å². The summed E-state index contributed by atoms with van der Waals surface area (Å²) in [5.74, 6) is 0.713. The van der Waals surface area contributed by atoms with Crippen LogP contribution in [-0.2, 0) is 11.3 Å². The highest BCUT2D eigenvalue weighted by Crippen LogP contribution is 2.19. The summed E-state index contributed by atoms with van der Waals surface area (Å²) in [6.45, 7) is 7.54. The standard InChI is InChI=1S/C18H27N5O2/c1-5-15(3)23-17(11-14(2)21-23)20-18(24)22(9-10-25-4)13-16-7-6-8-19-12-16/h6-8,11-12,15H,5,9-10,13H2,1-4H3,(H,20,24)/t15-/m0/s1. The molecule has 0 saturated heterocycles. The maximum Gasteiger partial charge on any atom is 0.323 e. The predicted octanol–water partition coefficient (Wildman–Crippen LogP) is 3.24. The maximum atomic E-state index is 12.8. The number of nitrogens with zero attached hydrogens (tertiary/aromatic N) is 4. The van der Waals surface area contributed by atoms with Gasteiger partial charge in [0.15, 0.2) is 0 Å². The van der Waals surface area contributed by atoms with Gasteiger partial charge in [0.1, 0.15) is 5.82 Å². The molecule has 25 heavy (non-hydrogen) atoms. The Hall–Kier alpha value is -2.41. The molecule has 1 atom stereocenters. The van der Waals surface area contributed by atoms with Crippen LogP contribution in [0.3, 0.4) is 0 Å². The van der Waals surface area contributed by atoms with Crippen LogP contribution in [0.1, 0.15) is 37.6 Å². The Balaban J connectivity index is 2.14. The van der Waals surface area contributed by atoms with Crippen molar-refractivity contribution >= 4 is 11.8 Å². The van der Waals surface area contributed by atoms with Gasteiger partial charge in [0.05, 0.1) is 18.3 Å². The largest absolute Gasteiger partial charge is 0.383 e. The van der Waals surface area contributed by atoms with Crippen molar-refractivity contribution in [3.8, 4) is 0 Å². The van der Waals surface area contributed by atoms with E-state index >= 15 is 0 Å². The zero-order valence-corrected chi connectivity index (χ0v) is 15.4. The number of hydrogen-bond acceptors (Lipinski definition) is 4. The van der Waals surface area contributed by atoms with Crippen LogP contribution in [0.5, 0.6) is 0 Å². The number of aromatic nitrogens is 3. The summed E-state index contributed by atoms with van der Waals surface area (Å²) in [5.41, 5.74) is 1.85. The van der Waals surface area contributed by atoms with Gasteiger partial charge in [-0.05, 0) is 31.9 Å². The molecule has 0 saturated carbocycles. The van der Waals surface area contributed by atoms with E-state index in [9.17, 15) is 4.79 Å². The third kappa shape index (κ3) is 5.29. The lowest BCUT2D eigenvalue weighted by atomic mass is 10.2. The van der Waals surface area contributed by atoms with Crippen LogP contribution in [-0.4, -0.2) is 46.0 Å². The first kappa shape index (κ1) is 18.9. The van der Waals surface area contributed by atoms with Gasteiger partial charge in [-0.1, -0.05) is 13.0 Å². The Kier molecular flexibility index (Phi) is 6.94. The van der Waals surface area contributed by atoms with Crippen molar-refractivity contribution in [3.63, 3.8) is 0 Å². The first-order valence-corrected chi connectivity index (χ1v) is 8.55. The molecule has 2 aromatic rings. The van der Waals surface area contributed by atoms with Crippen LogP contribution in [0.15, 0.2) is 30.6 Å². The van der Waals surface area contributed by atoms with Crippen molar-refractivity contribution in [1.82, 2.24) is 19.7 Å². The highest BCUT2D eigenvalue weighted by Gasteiger charge is 2.18. The fourth-order valence-corrected chi connectivity index (χ4v) is 2.47. The van der Waals surface area contributed by atoms with Gasteiger partial charge in [0.25, 0.3) is 0 Å². The lowest BCUT2D eigenvalue weighted by Crippen LogP contribution is -2.37. The molecule has 0 aromatic carbocycles. The van der Waals surface area contributed by atoms with E-state index in [2.05, 4.69) is 29.2 Å². The average Bonchev–Trinajstić information content (AvgIpc) is 2.98. The zero-order valence-electron chi connectivity index (χ0n) is 15.4. The highest BCUT2D eigenvalue weighted by molar-refractivity contribution is 5.88. The first-order chi connectivity index (χ1) is 12.0. The SMILES string of the molecule is CC[C@H](C)n1nc(C)cc1NC(=O)N(CCOC)Cc1cccnc1. The van der Waals surface area contributed by atoms with E-state index in [1.54, 1.807) is 24.4 Å². The second-order valence-electron chi connectivity index (χ2n) is 6.08. The van der Waals surface area contributed by atoms with E-state index in [0.717, 1.165) is 17.7 Å². The van der Waals surface area contributed by atoms with Gasteiger partial charge in [-0.25, -0.2) is 9.48 Å². The predicted molar refractivity (Wildman–Crippen MR) is 97.5 cm³/mol. The molecule has 2 amide bonds. The number of carbonyl (C=O) groups is 1. The number of aryl methyl sites for hydroxylation is 1. The highest BCUT2D eigenvalue weighted by atomic mass is 16.5. The molecule has 136 valence electrons. The molecule has 2 aromatic heterocycles. The van der Waals surface area contributed by atoms with Gasteiger partial charge in [-0.3, -0.25) is 10.3 Å². The summed E-state index contributed by atoms with van der Waals surface area (Å²) < 4.78 is 7.01. The Morgan fingerprint density at radius 3 is 2.92 bits per heavy atom. The molecule has 1 N–H and O–H groups in total. The Morgan fingerprint density at radius 1 is 1.48 bits per heavy atom. The smallest absolute Gasteiger partial charge is 0.323 e. The summed E-state index contributed by atoms with van der Waals surface area (Å²) >= 11 is 0. The van der Waals surface area contributed by atoms with Crippen LogP contribution in [0, 0.1) is 6.92 Å². The van der Waals surface area contributed by atoms with Crippen molar-refractivity contribution in [2.24, 2.45) is 0 Å². The number of amides is 2. The molecule has 0 bridgehead atoms. The van der Waals surface area contributed by atoms with Gasteiger partial charge in [-0.2, -0.15) is 5.10 Å². The Morgan fingerprint density at radius 2 is 2.28 bits per heavy atom. The molecule has 0 radical (unpaired) electrons. The Labute approximate surface area is 149 Å². The van der Waals surface area contributed by atoms with E-state index in [-0.39, 0.29) is 12.1 Å². The third-order valence-electron chi connectivity index (χ3n) is 4.05. The van der Waals surface area contributed by atoms with Crippen LogP contribution >= 0.6 is 0 Å². The average molecular weight is 345 g/mol.